The third kappa shape index (κ3) is 4.33. The molecule has 2 aromatic carbocycles. The van der Waals surface area contributed by atoms with E-state index in [4.69, 9.17) is 4.74 Å². The molecule has 3 heterocycles. The summed E-state index contributed by atoms with van der Waals surface area (Å²) in [4.78, 5) is 12.6. The van der Waals surface area contributed by atoms with Crippen LogP contribution in [0.15, 0.2) is 72.8 Å². The predicted molar refractivity (Wildman–Crippen MR) is 123 cm³/mol. The zero-order chi connectivity index (χ0) is 23.5. The summed E-state index contributed by atoms with van der Waals surface area (Å²) in [6.07, 6.45) is 0. The summed E-state index contributed by atoms with van der Waals surface area (Å²) >= 11 is 0. The predicted octanol–water partition coefficient (Wildman–Crippen LogP) is 3.14. The number of nitrogens with one attached hydrogen (secondary N) is 1. The van der Waals surface area contributed by atoms with Crippen molar-refractivity contribution in [2.45, 2.75) is 0 Å². The number of halogens is 1. The molecule has 0 radical (unpaired) electrons. The Morgan fingerprint density at radius 1 is 0.971 bits per heavy atom. The van der Waals surface area contributed by atoms with Crippen LogP contribution in [0, 0.1) is 5.82 Å². The Morgan fingerprint density at radius 2 is 1.76 bits per heavy atom. The number of hydrogen-bond acceptors (Lipinski definition) is 6. The molecular weight excluding hydrogens is 437 g/mol. The minimum Gasteiger partial charge on any atom is -0.475 e. The first kappa shape index (κ1) is 21.3. The normalized spacial score (nSPS) is 11.0. The second-order valence-corrected chi connectivity index (χ2v) is 7.48. The van der Waals surface area contributed by atoms with E-state index in [9.17, 15) is 9.18 Å². The second-order valence-electron chi connectivity index (χ2n) is 7.48. The topological polar surface area (TPSA) is 99.2 Å². The number of nitrogens with zero attached hydrogens (tertiary/aromatic N) is 6. The summed E-state index contributed by atoms with van der Waals surface area (Å²) in [5.41, 5.74) is 3.33. The van der Waals surface area contributed by atoms with Crippen molar-refractivity contribution >= 4 is 11.6 Å². The van der Waals surface area contributed by atoms with Crippen LogP contribution in [-0.4, -0.2) is 48.7 Å². The van der Waals surface area contributed by atoms with Crippen molar-refractivity contribution in [3.63, 3.8) is 0 Å². The lowest BCUT2D eigenvalue weighted by atomic mass is 10.1. The van der Waals surface area contributed by atoms with Gasteiger partial charge in [-0.15, -0.1) is 15.3 Å². The van der Waals surface area contributed by atoms with Gasteiger partial charge in [0.15, 0.2) is 11.5 Å². The maximum Gasteiger partial charge on any atom is 0.269 e. The first-order valence-electron chi connectivity index (χ1n) is 10.6. The summed E-state index contributed by atoms with van der Waals surface area (Å²) in [5, 5.41) is 19.9. The van der Waals surface area contributed by atoms with Crippen LogP contribution in [0.2, 0.25) is 0 Å². The molecule has 10 heteroatoms. The third-order valence-electron chi connectivity index (χ3n) is 5.16. The van der Waals surface area contributed by atoms with E-state index in [2.05, 4.69) is 25.7 Å². The van der Waals surface area contributed by atoms with E-state index in [0.717, 1.165) is 11.3 Å². The van der Waals surface area contributed by atoms with Crippen molar-refractivity contribution in [3.8, 4) is 28.5 Å². The number of ether oxygens (including phenoxy) is 1. The standard InChI is InChI=1S/C24H20FN7O2/c1-31-20(15-19(29-31)16-5-3-2-4-6-16)24(33)26-13-14-34-22-12-11-21-27-28-23(32(21)30-22)17-7-9-18(25)10-8-17/h2-12,15H,13-14H2,1H3,(H,26,33). The lowest BCUT2D eigenvalue weighted by molar-refractivity contribution is 0.0937. The number of rotatable bonds is 7. The van der Waals surface area contributed by atoms with Crippen molar-refractivity contribution in [2.24, 2.45) is 7.05 Å². The average Bonchev–Trinajstić information content (AvgIpc) is 3.46. The van der Waals surface area contributed by atoms with Gasteiger partial charge < -0.3 is 10.1 Å². The molecule has 5 rings (SSSR count). The van der Waals surface area contributed by atoms with Gasteiger partial charge in [0, 0.05) is 24.2 Å². The van der Waals surface area contributed by atoms with Crippen LogP contribution in [0.25, 0.3) is 28.3 Å². The molecule has 0 saturated carbocycles. The first-order chi connectivity index (χ1) is 16.6. The van der Waals surface area contributed by atoms with Gasteiger partial charge in [-0.25, -0.2) is 4.39 Å². The number of benzene rings is 2. The molecule has 170 valence electrons. The second kappa shape index (κ2) is 9.10. The van der Waals surface area contributed by atoms with Crippen molar-refractivity contribution in [1.82, 2.24) is 34.9 Å². The highest BCUT2D eigenvalue weighted by Gasteiger charge is 2.14. The summed E-state index contributed by atoms with van der Waals surface area (Å²) in [6.45, 7) is 0.485. The van der Waals surface area contributed by atoms with Crippen molar-refractivity contribution in [3.05, 3.63) is 84.3 Å². The van der Waals surface area contributed by atoms with Gasteiger partial charge in [0.25, 0.3) is 5.91 Å². The minimum absolute atomic E-state index is 0.210. The summed E-state index contributed by atoms with van der Waals surface area (Å²) in [5.74, 6) is 0.233. The van der Waals surface area contributed by atoms with Crippen molar-refractivity contribution in [1.29, 1.82) is 0 Å². The molecule has 0 saturated heterocycles. The molecule has 3 aromatic heterocycles. The van der Waals surface area contributed by atoms with Crippen LogP contribution in [0.3, 0.4) is 0 Å². The quantitative estimate of drug-likeness (QED) is 0.377. The van der Waals surface area contributed by atoms with Crippen LogP contribution in [0.4, 0.5) is 4.39 Å². The van der Waals surface area contributed by atoms with Crippen LogP contribution in [0.5, 0.6) is 5.88 Å². The first-order valence-corrected chi connectivity index (χ1v) is 10.6. The van der Waals surface area contributed by atoms with Gasteiger partial charge in [0.05, 0.1) is 12.2 Å². The largest absolute Gasteiger partial charge is 0.475 e. The van der Waals surface area contributed by atoms with Crippen LogP contribution >= 0.6 is 0 Å². The van der Waals surface area contributed by atoms with Gasteiger partial charge in [0.1, 0.15) is 18.1 Å². The summed E-state index contributed by atoms with van der Waals surface area (Å²) in [7, 11) is 1.73. The number of aromatic nitrogens is 6. The fourth-order valence-corrected chi connectivity index (χ4v) is 3.47. The highest BCUT2D eigenvalue weighted by Crippen LogP contribution is 2.20. The van der Waals surface area contributed by atoms with E-state index in [-0.39, 0.29) is 24.9 Å². The summed E-state index contributed by atoms with van der Waals surface area (Å²) in [6, 6.07) is 20.7. The van der Waals surface area contributed by atoms with E-state index in [0.29, 0.717) is 28.6 Å². The molecule has 0 spiro atoms. The molecular formula is C24H20FN7O2. The molecule has 5 aromatic rings. The van der Waals surface area contributed by atoms with E-state index >= 15 is 0 Å². The van der Waals surface area contributed by atoms with Gasteiger partial charge in [-0.3, -0.25) is 9.48 Å². The Morgan fingerprint density at radius 3 is 2.56 bits per heavy atom. The van der Waals surface area contributed by atoms with Crippen LogP contribution in [0.1, 0.15) is 10.5 Å². The molecule has 1 amide bonds. The van der Waals surface area contributed by atoms with E-state index in [1.807, 2.05) is 30.3 Å². The number of aryl methyl sites for hydroxylation is 1. The van der Waals surface area contributed by atoms with Gasteiger partial charge in [0.2, 0.25) is 5.88 Å². The third-order valence-corrected chi connectivity index (χ3v) is 5.16. The van der Waals surface area contributed by atoms with Crippen molar-refractivity contribution in [2.75, 3.05) is 13.2 Å². The molecule has 0 aliphatic carbocycles. The molecule has 0 aliphatic rings. The van der Waals surface area contributed by atoms with Gasteiger partial charge in [-0.05, 0) is 36.4 Å². The van der Waals surface area contributed by atoms with E-state index < -0.39 is 0 Å². The Balaban J connectivity index is 1.21. The molecule has 1 N–H and O–H groups in total. The number of amides is 1. The molecule has 34 heavy (non-hydrogen) atoms. The fourth-order valence-electron chi connectivity index (χ4n) is 3.47. The SMILES string of the molecule is Cn1nc(-c2ccccc2)cc1C(=O)NCCOc1ccc2nnc(-c3ccc(F)cc3)n2n1. The Bertz CT molecular complexity index is 1450. The number of carbonyl (C=O) groups excluding carboxylic acids is 1. The average molecular weight is 457 g/mol. The van der Waals surface area contributed by atoms with Crippen molar-refractivity contribution < 1.29 is 13.9 Å². The Labute approximate surface area is 193 Å². The molecule has 9 nitrogen and oxygen atoms in total. The zero-order valence-corrected chi connectivity index (χ0v) is 18.2. The van der Waals surface area contributed by atoms with Crippen LogP contribution in [-0.2, 0) is 7.05 Å². The van der Waals surface area contributed by atoms with Crippen LogP contribution < -0.4 is 10.1 Å². The number of fused-ring (bicyclic) bond motifs is 1. The number of hydrogen-bond donors (Lipinski definition) is 1. The van der Waals surface area contributed by atoms with Gasteiger partial charge >= 0.3 is 0 Å². The lowest BCUT2D eigenvalue weighted by Crippen LogP contribution is -2.29. The fraction of sp³-hybridized carbons (Fsp3) is 0.125. The van der Waals surface area contributed by atoms with Gasteiger partial charge in [-0.1, -0.05) is 30.3 Å². The highest BCUT2D eigenvalue weighted by molar-refractivity contribution is 5.93. The minimum atomic E-state index is -0.334. The molecule has 0 atom stereocenters. The highest BCUT2D eigenvalue weighted by atomic mass is 19.1. The Kier molecular flexibility index (Phi) is 5.69. The lowest BCUT2D eigenvalue weighted by Gasteiger charge is -2.08. The molecule has 0 fully saturated rings. The molecule has 0 unspecified atom stereocenters. The zero-order valence-electron chi connectivity index (χ0n) is 18.2. The van der Waals surface area contributed by atoms with E-state index in [1.54, 1.807) is 42.1 Å². The maximum atomic E-state index is 13.2. The molecule has 0 bridgehead atoms. The van der Waals surface area contributed by atoms with Gasteiger partial charge in [-0.2, -0.15) is 9.61 Å². The maximum absolute atomic E-state index is 13.2. The monoisotopic (exact) mass is 457 g/mol. The Hall–Kier alpha value is -4.60. The smallest absolute Gasteiger partial charge is 0.269 e. The van der Waals surface area contributed by atoms with E-state index in [1.165, 1.54) is 16.6 Å². The number of carbonyl (C=O) groups is 1. The molecule has 0 aliphatic heterocycles. The summed E-state index contributed by atoms with van der Waals surface area (Å²) < 4.78 is 22.0.